The zero-order valence-corrected chi connectivity index (χ0v) is 29.3. The monoisotopic (exact) mass is 672 g/mol. The summed E-state index contributed by atoms with van der Waals surface area (Å²) in [4.78, 5) is 81.0. The zero-order chi connectivity index (χ0) is 35.6. The molecule has 5 N–H and O–H groups in total. The first-order valence-electron chi connectivity index (χ1n) is 17.4. The summed E-state index contributed by atoms with van der Waals surface area (Å²) in [7, 11) is 0. The zero-order valence-electron chi connectivity index (χ0n) is 29.3. The Balaban J connectivity index is 1.82. The molecule has 13 nitrogen and oxygen atoms in total. The summed E-state index contributed by atoms with van der Waals surface area (Å²) in [5, 5.41) is 13.6. The molecular formula is C35H56N6O7. The maximum Gasteiger partial charge on any atom is 0.407 e. The van der Waals surface area contributed by atoms with Crippen molar-refractivity contribution in [3.63, 3.8) is 0 Å². The molecule has 268 valence electrons. The number of urea groups is 1. The number of ketones is 1. The Morgan fingerprint density at radius 3 is 2.27 bits per heavy atom. The smallest absolute Gasteiger partial charge is 0.407 e. The Labute approximate surface area is 284 Å². The quantitative estimate of drug-likeness (QED) is 0.117. The summed E-state index contributed by atoms with van der Waals surface area (Å²) >= 11 is 0. The van der Waals surface area contributed by atoms with Gasteiger partial charge >= 0.3 is 12.1 Å². The first kappa shape index (κ1) is 38.5. The molecule has 0 aromatic rings. The molecule has 1 aliphatic heterocycles. The van der Waals surface area contributed by atoms with Crippen molar-refractivity contribution < 1.29 is 33.5 Å². The van der Waals surface area contributed by atoms with Crippen molar-refractivity contribution >= 4 is 35.6 Å². The number of likely N-dealkylation sites (tertiary alicyclic amines) is 1. The number of hydrogen-bond donors (Lipinski definition) is 5. The standard InChI is InChI=1S/C35H56N6O7/c1-8-11-17-24(29(42)31(44)37-18-9-2)38-30(43)28-26-23(35(26,6)7)19-41(28)32(45)27(22-15-13-12-14-16-22)40-33(46)39-25(21(4)5)20-48-34(47)36-10-3/h9,22-28H,2,4,8,10-20H2,1,3,5-7H3,(H,36,47)(H,37,44)(H,38,43)(H2,39,40,46)/t23-,24?,25+,26-,27-,28-/m0/s1. The fraction of sp³-hybridized carbons (Fsp3) is 0.714. The highest BCUT2D eigenvalue weighted by molar-refractivity contribution is 6.38. The lowest BCUT2D eigenvalue weighted by molar-refractivity contribution is -0.144. The molecule has 1 heterocycles. The molecule has 2 aliphatic carbocycles. The van der Waals surface area contributed by atoms with Crippen molar-refractivity contribution in [3.8, 4) is 0 Å². The van der Waals surface area contributed by atoms with Crippen LogP contribution in [0.4, 0.5) is 9.59 Å². The molecule has 3 fully saturated rings. The van der Waals surface area contributed by atoms with Gasteiger partial charge in [-0.05, 0) is 56.3 Å². The second-order valence-corrected chi connectivity index (χ2v) is 14.0. The number of piperidine rings is 1. The van der Waals surface area contributed by atoms with E-state index in [0.717, 1.165) is 38.5 Å². The molecule has 48 heavy (non-hydrogen) atoms. The minimum Gasteiger partial charge on any atom is -0.447 e. The first-order chi connectivity index (χ1) is 22.8. The van der Waals surface area contributed by atoms with E-state index in [1.165, 1.54) is 6.08 Å². The van der Waals surface area contributed by atoms with E-state index < -0.39 is 53.9 Å². The molecule has 3 rings (SSSR count). The van der Waals surface area contributed by atoms with Crippen LogP contribution in [0, 0.1) is 23.2 Å². The average Bonchev–Trinajstić information content (AvgIpc) is 3.36. The van der Waals surface area contributed by atoms with Crippen LogP contribution in [-0.4, -0.2) is 90.9 Å². The fourth-order valence-electron chi connectivity index (χ4n) is 7.19. The highest BCUT2D eigenvalue weighted by atomic mass is 16.5. The number of nitrogens with zero attached hydrogens (tertiary/aromatic N) is 1. The number of nitrogens with one attached hydrogen (secondary N) is 5. The van der Waals surface area contributed by atoms with Gasteiger partial charge in [-0.2, -0.15) is 0 Å². The minimum atomic E-state index is -1.03. The molecule has 1 saturated heterocycles. The number of Topliss-reactive ketones (excluding diaryl/α,β-unsaturated/α-hetero) is 1. The fourth-order valence-corrected chi connectivity index (χ4v) is 7.19. The molecule has 0 aromatic carbocycles. The number of unbranched alkanes of at least 4 members (excludes halogenated alkanes) is 1. The number of fused-ring (bicyclic) bond motifs is 1. The molecule has 6 amide bonds. The van der Waals surface area contributed by atoms with Crippen LogP contribution in [0.15, 0.2) is 24.8 Å². The Kier molecular flexibility index (Phi) is 14.0. The minimum absolute atomic E-state index is 0.0814. The summed E-state index contributed by atoms with van der Waals surface area (Å²) in [6.45, 7) is 17.8. The van der Waals surface area contributed by atoms with E-state index in [-0.39, 0.29) is 42.2 Å². The van der Waals surface area contributed by atoms with E-state index in [4.69, 9.17) is 4.74 Å². The topological polar surface area (TPSA) is 175 Å². The predicted molar refractivity (Wildman–Crippen MR) is 182 cm³/mol. The number of ether oxygens (including phenoxy) is 1. The number of alkyl carbamates (subject to hydrolysis) is 1. The summed E-state index contributed by atoms with van der Waals surface area (Å²) < 4.78 is 5.21. The van der Waals surface area contributed by atoms with E-state index in [9.17, 15) is 28.8 Å². The third-order valence-electron chi connectivity index (χ3n) is 10.1. The Bertz CT molecular complexity index is 1230. The Morgan fingerprint density at radius 1 is 0.979 bits per heavy atom. The van der Waals surface area contributed by atoms with Crippen LogP contribution in [0.25, 0.3) is 0 Å². The van der Waals surface area contributed by atoms with Gasteiger partial charge in [0, 0.05) is 19.6 Å². The lowest BCUT2D eigenvalue weighted by Crippen LogP contribution is -2.61. The van der Waals surface area contributed by atoms with Crippen LogP contribution in [0.3, 0.4) is 0 Å². The lowest BCUT2D eigenvalue weighted by atomic mass is 9.83. The molecule has 1 unspecified atom stereocenters. The Morgan fingerprint density at radius 2 is 1.67 bits per heavy atom. The third kappa shape index (κ3) is 9.59. The predicted octanol–water partition coefficient (Wildman–Crippen LogP) is 2.95. The summed E-state index contributed by atoms with van der Waals surface area (Å²) in [6, 6.07) is -4.06. The molecule has 2 saturated carbocycles. The van der Waals surface area contributed by atoms with Crippen molar-refractivity contribution in [2.45, 2.75) is 110 Å². The second kappa shape index (κ2) is 17.5. The van der Waals surface area contributed by atoms with Crippen molar-refractivity contribution in [1.82, 2.24) is 31.5 Å². The Hall–Kier alpha value is -3.90. The highest BCUT2D eigenvalue weighted by Crippen LogP contribution is 2.65. The van der Waals surface area contributed by atoms with Gasteiger partial charge in [-0.3, -0.25) is 19.2 Å². The van der Waals surface area contributed by atoms with Crippen LogP contribution in [0.1, 0.15) is 86.0 Å². The molecule has 13 heteroatoms. The van der Waals surface area contributed by atoms with Crippen LogP contribution in [-0.2, 0) is 23.9 Å². The molecule has 0 radical (unpaired) electrons. The van der Waals surface area contributed by atoms with Gasteiger partial charge in [-0.25, -0.2) is 9.59 Å². The van der Waals surface area contributed by atoms with Crippen molar-refractivity contribution in [3.05, 3.63) is 24.8 Å². The largest absolute Gasteiger partial charge is 0.447 e. The number of hydrogen-bond acceptors (Lipinski definition) is 7. The molecular weight excluding hydrogens is 616 g/mol. The highest BCUT2D eigenvalue weighted by Gasteiger charge is 2.69. The van der Waals surface area contributed by atoms with E-state index in [1.54, 1.807) is 18.7 Å². The van der Waals surface area contributed by atoms with Crippen molar-refractivity contribution in [2.24, 2.45) is 23.2 Å². The summed E-state index contributed by atoms with van der Waals surface area (Å²) in [5.74, 6) is -2.51. The van der Waals surface area contributed by atoms with E-state index in [2.05, 4.69) is 53.6 Å². The van der Waals surface area contributed by atoms with E-state index in [0.29, 0.717) is 31.5 Å². The van der Waals surface area contributed by atoms with Gasteiger partial charge < -0.3 is 36.2 Å². The van der Waals surface area contributed by atoms with E-state index >= 15 is 0 Å². The molecule has 0 spiro atoms. The number of carbonyl (C=O) groups excluding carboxylic acids is 6. The van der Waals surface area contributed by atoms with E-state index in [1.807, 2.05) is 6.92 Å². The number of carbonyl (C=O) groups is 6. The van der Waals surface area contributed by atoms with Gasteiger partial charge in [0.25, 0.3) is 5.91 Å². The summed E-state index contributed by atoms with van der Waals surface area (Å²) in [6.07, 6.45) is 6.91. The average molecular weight is 673 g/mol. The van der Waals surface area contributed by atoms with Gasteiger partial charge in [0.1, 0.15) is 18.7 Å². The van der Waals surface area contributed by atoms with Crippen molar-refractivity contribution in [1.29, 1.82) is 0 Å². The first-order valence-corrected chi connectivity index (χ1v) is 17.4. The number of amides is 6. The molecule has 0 bridgehead atoms. The van der Waals surface area contributed by atoms with Crippen LogP contribution >= 0.6 is 0 Å². The van der Waals surface area contributed by atoms with Crippen LogP contribution in [0.2, 0.25) is 0 Å². The van der Waals surface area contributed by atoms with Gasteiger partial charge in [0.05, 0.1) is 12.1 Å². The van der Waals surface area contributed by atoms with Gasteiger partial charge in [0.2, 0.25) is 17.6 Å². The summed E-state index contributed by atoms with van der Waals surface area (Å²) in [5.41, 5.74) is 0.381. The van der Waals surface area contributed by atoms with Gasteiger partial charge in [-0.15, -0.1) is 6.58 Å². The normalized spacial score (nSPS) is 22.9. The van der Waals surface area contributed by atoms with Crippen molar-refractivity contribution in [2.75, 3.05) is 26.2 Å². The SMILES string of the molecule is C=CCNC(=O)C(=O)C(CCCC)NC(=O)[C@@H]1[C@@H]2[C@H](CN1C(=O)[C@@H](NC(=O)N[C@H](COC(=O)NCC)C(=C)C)C1CCCCC1)C2(C)C. The van der Waals surface area contributed by atoms with Gasteiger partial charge in [-0.1, -0.05) is 71.1 Å². The lowest BCUT2D eigenvalue weighted by Gasteiger charge is -2.37. The third-order valence-corrected chi connectivity index (χ3v) is 10.1. The maximum atomic E-state index is 14.5. The second-order valence-electron chi connectivity index (χ2n) is 14.0. The maximum absolute atomic E-state index is 14.5. The number of rotatable bonds is 17. The van der Waals surface area contributed by atoms with Crippen LogP contribution in [0.5, 0.6) is 0 Å². The van der Waals surface area contributed by atoms with Gasteiger partial charge in [0.15, 0.2) is 0 Å². The molecule has 3 aliphatic rings. The molecule has 6 atom stereocenters. The van der Waals surface area contributed by atoms with Crippen LogP contribution < -0.4 is 26.6 Å². The molecule has 0 aromatic heterocycles.